The number of nitrogens with zero attached hydrogens (tertiary/aromatic N) is 5. The lowest BCUT2D eigenvalue weighted by Gasteiger charge is -2.25. The van der Waals surface area contributed by atoms with Gasteiger partial charge in [-0.2, -0.15) is 4.31 Å². The largest absolute Gasteiger partial charge is 0.425 e. The number of thioether (sulfide) groups is 1. The van der Waals surface area contributed by atoms with Gasteiger partial charge in [-0.15, -0.1) is 20.4 Å². The van der Waals surface area contributed by atoms with Crippen LogP contribution in [0.2, 0.25) is 0 Å². The van der Waals surface area contributed by atoms with Crippen LogP contribution in [0.5, 0.6) is 0 Å². The standard InChI is InChI=1S/C17H19N5O4S2/c1-12-18-19-15(25-12)11-27-17-21-20-16(26-17)13-6-5-7-14(10-13)28(23,24)22-8-3-2-4-9-22/h5-7,10H,2-4,8-9,11H2,1H3. The summed E-state index contributed by atoms with van der Waals surface area (Å²) in [5.41, 5.74) is 0.561. The SMILES string of the molecule is Cc1nnc(CSc2nnc(-c3cccc(S(=O)(=O)N4CCCCC4)c3)o2)o1. The van der Waals surface area contributed by atoms with Crippen molar-refractivity contribution in [2.75, 3.05) is 13.1 Å². The summed E-state index contributed by atoms with van der Waals surface area (Å²) in [5, 5.41) is 16.0. The van der Waals surface area contributed by atoms with Gasteiger partial charge in [0.25, 0.3) is 5.22 Å². The normalized spacial score (nSPS) is 15.8. The molecule has 0 saturated carbocycles. The zero-order valence-electron chi connectivity index (χ0n) is 15.2. The third-order valence-electron chi connectivity index (χ3n) is 4.33. The molecule has 148 valence electrons. The van der Waals surface area contributed by atoms with E-state index in [9.17, 15) is 8.42 Å². The maximum absolute atomic E-state index is 12.9. The molecule has 0 unspecified atom stereocenters. The molecule has 2 aromatic heterocycles. The number of benzene rings is 1. The first-order chi connectivity index (χ1) is 13.5. The molecule has 3 aromatic rings. The summed E-state index contributed by atoms with van der Waals surface area (Å²) in [6.45, 7) is 2.84. The van der Waals surface area contributed by atoms with E-state index < -0.39 is 10.0 Å². The Morgan fingerprint density at radius 1 is 1.07 bits per heavy atom. The minimum atomic E-state index is -3.52. The van der Waals surface area contributed by atoms with Crippen LogP contribution in [0.25, 0.3) is 11.5 Å². The van der Waals surface area contributed by atoms with Crippen molar-refractivity contribution in [3.63, 3.8) is 0 Å². The number of aryl methyl sites for hydroxylation is 1. The van der Waals surface area contributed by atoms with Gasteiger partial charge in [0.15, 0.2) is 0 Å². The number of rotatable bonds is 6. The van der Waals surface area contributed by atoms with Crippen LogP contribution in [-0.2, 0) is 15.8 Å². The Morgan fingerprint density at radius 2 is 1.89 bits per heavy atom. The second kappa shape index (κ2) is 8.02. The van der Waals surface area contributed by atoms with E-state index in [0.717, 1.165) is 19.3 Å². The molecule has 9 nitrogen and oxygen atoms in total. The summed E-state index contributed by atoms with van der Waals surface area (Å²) in [6, 6.07) is 6.60. The number of hydrogen-bond donors (Lipinski definition) is 0. The monoisotopic (exact) mass is 421 g/mol. The number of sulfonamides is 1. The highest BCUT2D eigenvalue weighted by Gasteiger charge is 2.26. The lowest BCUT2D eigenvalue weighted by molar-refractivity contribution is 0.346. The molecule has 1 aliphatic heterocycles. The molecule has 1 aliphatic rings. The molecule has 1 fully saturated rings. The van der Waals surface area contributed by atoms with E-state index in [2.05, 4.69) is 20.4 Å². The lowest BCUT2D eigenvalue weighted by atomic mass is 10.2. The number of aromatic nitrogens is 4. The van der Waals surface area contributed by atoms with Gasteiger partial charge in [0, 0.05) is 25.6 Å². The topological polar surface area (TPSA) is 115 Å². The molecule has 4 rings (SSSR count). The van der Waals surface area contributed by atoms with E-state index in [1.165, 1.54) is 16.1 Å². The first-order valence-corrected chi connectivity index (χ1v) is 11.3. The Bertz CT molecular complexity index is 1060. The number of piperidine rings is 1. The van der Waals surface area contributed by atoms with Crippen LogP contribution in [0.3, 0.4) is 0 Å². The number of hydrogen-bond acceptors (Lipinski definition) is 9. The fourth-order valence-electron chi connectivity index (χ4n) is 2.95. The highest BCUT2D eigenvalue weighted by Crippen LogP contribution is 2.28. The van der Waals surface area contributed by atoms with Gasteiger partial charge >= 0.3 is 0 Å². The van der Waals surface area contributed by atoms with Crippen LogP contribution >= 0.6 is 11.8 Å². The fourth-order valence-corrected chi connectivity index (χ4v) is 5.11. The first kappa shape index (κ1) is 19.1. The lowest BCUT2D eigenvalue weighted by Crippen LogP contribution is -2.35. The zero-order chi connectivity index (χ0) is 19.6. The van der Waals surface area contributed by atoms with Crippen molar-refractivity contribution in [1.29, 1.82) is 0 Å². The quantitative estimate of drug-likeness (QED) is 0.554. The summed E-state index contributed by atoms with van der Waals surface area (Å²) in [6.07, 6.45) is 2.85. The van der Waals surface area contributed by atoms with Crippen molar-refractivity contribution in [3.05, 3.63) is 36.0 Å². The maximum atomic E-state index is 12.9. The van der Waals surface area contributed by atoms with Gasteiger partial charge in [0.05, 0.1) is 10.6 Å². The molecule has 1 aromatic carbocycles. The molecule has 0 atom stereocenters. The third kappa shape index (κ3) is 4.10. The van der Waals surface area contributed by atoms with Gasteiger partial charge in [-0.25, -0.2) is 8.42 Å². The van der Waals surface area contributed by atoms with Crippen LogP contribution in [0.4, 0.5) is 0 Å². The van der Waals surface area contributed by atoms with Crippen molar-refractivity contribution in [1.82, 2.24) is 24.7 Å². The minimum absolute atomic E-state index is 0.237. The zero-order valence-corrected chi connectivity index (χ0v) is 16.9. The molecule has 0 bridgehead atoms. The maximum Gasteiger partial charge on any atom is 0.277 e. The van der Waals surface area contributed by atoms with E-state index in [-0.39, 0.29) is 10.8 Å². The summed E-state index contributed by atoms with van der Waals surface area (Å²) in [7, 11) is -3.52. The van der Waals surface area contributed by atoms with Gasteiger partial charge in [0.2, 0.25) is 27.7 Å². The van der Waals surface area contributed by atoms with Gasteiger partial charge in [-0.1, -0.05) is 24.2 Å². The Kier molecular flexibility index (Phi) is 5.47. The molecule has 0 spiro atoms. The summed E-state index contributed by atoms with van der Waals surface area (Å²) in [4.78, 5) is 0.237. The van der Waals surface area contributed by atoms with E-state index >= 15 is 0 Å². The minimum Gasteiger partial charge on any atom is -0.425 e. The molecular weight excluding hydrogens is 402 g/mol. The Hall–Kier alpha value is -2.24. The van der Waals surface area contributed by atoms with Crippen LogP contribution in [-0.4, -0.2) is 46.2 Å². The van der Waals surface area contributed by atoms with E-state index in [1.807, 2.05) is 0 Å². The van der Waals surface area contributed by atoms with Gasteiger partial charge < -0.3 is 8.83 Å². The van der Waals surface area contributed by atoms with Gasteiger partial charge in [0.1, 0.15) is 0 Å². The molecule has 0 N–H and O–H groups in total. The summed E-state index contributed by atoms with van der Waals surface area (Å²) < 4.78 is 38.2. The van der Waals surface area contributed by atoms with Crippen LogP contribution in [0, 0.1) is 6.92 Å². The van der Waals surface area contributed by atoms with Crippen LogP contribution in [0.15, 0.2) is 43.2 Å². The molecule has 0 aliphatic carbocycles. The summed E-state index contributed by atoms with van der Waals surface area (Å²) in [5.74, 6) is 1.64. The third-order valence-corrected chi connectivity index (χ3v) is 7.03. The van der Waals surface area contributed by atoms with Crippen molar-refractivity contribution in [2.24, 2.45) is 0 Å². The molecule has 1 saturated heterocycles. The van der Waals surface area contributed by atoms with Crippen molar-refractivity contribution in [3.8, 4) is 11.5 Å². The molecule has 11 heteroatoms. The Labute approximate surface area is 166 Å². The Balaban J connectivity index is 1.50. The smallest absolute Gasteiger partial charge is 0.277 e. The molecule has 3 heterocycles. The molecule has 28 heavy (non-hydrogen) atoms. The second-order valence-corrected chi connectivity index (χ2v) is 9.23. The van der Waals surface area contributed by atoms with Crippen molar-refractivity contribution >= 4 is 21.8 Å². The molecule has 0 amide bonds. The average molecular weight is 422 g/mol. The highest BCUT2D eigenvalue weighted by atomic mass is 32.2. The predicted molar refractivity (Wildman–Crippen MR) is 101 cm³/mol. The average Bonchev–Trinajstić information content (AvgIpc) is 3.36. The van der Waals surface area contributed by atoms with E-state index in [4.69, 9.17) is 8.83 Å². The predicted octanol–water partition coefficient (Wildman–Crippen LogP) is 2.89. The molecular formula is C17H19N5O4S2. The summed E-state index contributed by atoms with van der Waals surface area (Å²) >= 11 is 1.27. The fraction of sp³-hybridized carbons (Fsp3) is 0.412. The van der Waals surface area contributed by atoms with Gasteiger partial charge in [-0.05, 0) is 31.0 Å². The first-order valence-electron chi connectivity index (χ1n) is 8.88. The van der Waals surface area contributed by atoms with Crippen molar-refractivity contribution < 1.29 is 17.3 Å². The Morgan fingerprint density at radius 3 is 2.64 bits per heavy atom. The van der Waals surface area contributed by atoms with Crippen LogP contribution < -0.4 is 0 Å². The van der Waals surface area contributed by atoms with E-state index in [1.54, 1.807) is 31.2 Å². The van der Waals surface area contributed by atoms with Crippen LogP contribution in [0.1, 0.15) is 31.0 Å². The highest BCUT2D eigenvalue weighted by molar-refractivity contribution is 7.98. The van der Waals surface area contributed by atoms with Gasteiger partial charge in [-0.3, -0.25) is 0 Å². The second-order valence-electron chi connectivity index (χ2n) is 6.37. The van der Waals surface area contributed by atoms with Crippen molar-refractivity contribution in [2.45, 2.75) is 42.1 Å². The molecule has 0 radical (unpaired) electrons. The van der Waals surface area contributed by atoms with E-state index in [0.29, 0.717) is 41.4 Å².